The number of alkyl halides is 2. The van der Waals surface area contributed by atoms with Gasteiger partial charge in [0.2, 0.25) is 0 Å². The Bertz CT molecular complexity index is 325. The van der Waals surface area contributed by atoms with E-state index in [2.05, 4.69) is 10.1 Å². The number of carbonyl (C=O) groups excluding carboxylic acids is 1. The van der Waals surface area contributed by atoms with Crippen molar-refractivity contribution in [2.24, 2.45) is 0 Å². The van der Waals surface area contributed by atoms with Crippen LogP contribution in [0.4, 0.5) is 8.78 Å². The van der Waals surface area contributed by atoms with Crippen LogP contribution in [0.3, 0.4) is 0 Å². The molecule has 0 aromatic carbocycles. The molecule has 1 aromatic rings. The molecule has 4 nitrogen and oxygen atoms in total. The van der Waals surface area contributed by atoms with E-state index in [1.165, 1.54) is 19.4 Å². The Labute approximate surface area is 85.2 Å². The number of furan rings is 1. The van der Waals surface area contributed by atoms with Crippen LogP contribution in [0.15, 0.2) is 16.7 Å². The molecule has 1 N–H and O–H groups in total. The molecule has 0 amide bonds. The van der Waals surface area contributed by atoms with Crippen molar-refractivity contribution in [3.63, 3.8) is 0 Å². The van der Waals surface area contributed by atoms with Gasteiger partial charge >= 0.3 is 5.97 Å². The third-order valence-corrected chi connectivity index (χ3v) is 1.67. The zero-order valence-corrected chi connectivity index (χ0v) is 8.13. The number of hydrogen-bond donors (Lipinski definition) is 1. The van der Waals surface area contributed by atoms with E-state index in [0.29, 0.717) is 5.76 Å². The molecule has 0 saturated heterocycles. The summed E-state index contributed by atoms with van der Waals surface area (Å²) in [6, 6.07) is 1.45. The predicted octanol–water partition coefficient (Wildman–Crippen LogP) is 1.42. The summed E-state index contributed by atoms with van der Waals surface area (Å²) in [5, 5.41) is 2.48. The van der Waals surface area contributed by atoms with Gasteiger partial charge in [0, 0.05) is 0 Å². The van der Waals surface area contributed by atoms with Crippen LogP contribution in [-0.2, 0) is 11.3 Å². The number of halogens is 2. The Morgan fingerprint density at radius 2 is 2.40 bits per heavy atom. The Hall–Kier alpha value is -1.43. The molecular formula is C9H11F2NO3. The number of methoxy groups -OCH3 is 1. The van der Waals surface area contributed by atoms with Crippen molar-refractivity contribution < 1.29 is 22.7 Å². The van der Waals surface area contributed by atoms with Crippen molar-refractivity contribution in [1.29, 1.82) is 0 Å². The topological polar surface area (TPSA) is 51.5 Å². The van der Waals surface area contributed by atoms with Crippen molar-refractivity contribution in [3.05, 3.63) is 23.7 Å². The molecule has 15 heavy (non-hydrogen) atoms. The summed E-state index contributed by atoms with van der Waals surface area (Å²) in [6.07, 6.45) is -1.18. The maximum atomic E-state index is 11.8. The van der Waals surface area contributed by atoms with Gasteiger partial charge in [-0.25, -0.2) is 13.6 Å². The first-order valence-electron chi connectivity index (χ1n) is 4.28. The number of hydrogen-bond acceptors (Lipinski definition) is 4. The van der Waals surface area contributed by atoms with Gasteiger partial charge in [0.15, 0.2) is 0 Å². The fourth-order valence-electron chi connectivity index (χ4n) is 1.00. The Kier molecular flexibility index (Phi) is 4.23. The molecular weight excluding hydrogens is 208 g/mol. The highest BCUT2D eigenvalue weighted by molar-refractivity contribution is 5.88. The fourth-order valence-corrected chi connectivity index (χ4v) is 1.00. The largest absolute Gasteiger partial charge is 0.467 e. The maximum absolute atomic E-state index is 11.8. The summed E-state index contributed by atoms with van der Waals surface area (Å²) in [6.45, 7) is -0.254. The van der Waals surface area contributed by atoms with Crippen molar-refractivity contribution in [2.75, 3.05) is 13.7 Å². The number of ether oxygens (including phenoxy) is 1. The molecule has 0 spiro atoms. The molecule has 0 bridgehead atoms. The van der Waals surface area contributed by atoms with E-state index in [1.807, 2.05) is 0 Å². The first-order chi connectivity index (χ1) is 7.13. The van der Waals surface area contributed by atoms with E-state index < -0.39 is 18.9 Å². The van der Waals surface area contributed by atoms with Crippen LogP contribution >= 0.6 is 0 Å². The molecule has 0 fully saturated rings. The summed E-state index contributed by atoms with van der Waals surface area (Å²) in [5.41, 5.74) is 0.270. The highest BCUT2D eigenvalue weighted by atomic mass is 19.3. The monoisotopic (exact) mass is 219 g/mol. The van der Waals surface area contributed by atoms with Crippen molar-refractivity contribution >= 4 is 5.97 Å². The molecule has 1 aromatic heterocycles. The zero-order chi connectivity index (χ0) is 11.3. The van der Waals surface area contributed by atoms with Crippen molar-refractivity contribution in [1.82, 2.24) is 5.32 Å². The van der Waals surface area contributed by atoms with E-state index in [1.54, 1.807) is 0 Å². The average Bonchev–Trinajstić information content (AvgIpc) is 2.65. The van der Waals surface area contributed by atoms with E-state index in [-0.39, 0.29) is 12.1 Å². The molecule has 0 aliphatic rings. The minimum atomic E-state index is -2.40. The highest BCUT2D eigenvalue weighted by Gasteiger charge is 2.10. The number of esters is 1. The van der Waals surface area contributed by atoms with Crippen LogP contribution in [-0.4, -0.2) is 26.0 Å². The van der Waals surface area contributed by atoms with Crippen molar-refractivity contribution in [3.8, 4) is 0 Å². The van der Waals surface area contributed by atoms with Crippen LogP contribution < -0.4 is 5.32 Å². The van der Waals surface area contributed by atoms with E-state index in [9.17, 15) is 13.6 Å². The first-order valence-corrected chi connectivity index (χ1v) is 4.28. The molecule has 1 heterocycles. The van der Waals surface area contributed by atoms with E-state index >= 15 is 0 Å². The number of carbonyl (C=O) groups is 1. The fraction of sp³-hybridized carbons (Fsp3) is 0.444. The second-order valence-corrected chi connectivity index (χ2v) is 2.82. The standard InChI is InChI=1S/C9H11F2NO3/c1-14-9(13)6-2-7(15-5-6)3-12-4-8(10)11/h2,5,8,12H,3-4H2,1H3. The summed E-state index contributed by atoms with van der Waals surface area (Å²) in [4.78, 5) is 11.0. The number of rotatable bonds is 5. The van der Waals surface area contributed by atoms with Gasteiger partial charge in [-0.3, -0.25) is 0 Å². The van der Waals surface area contributed by atoms with Gasteiger partial charge in [0.25, 0.3) is 6.43 Å². The van der Waals surface area contributed by atoms with E-state index in [0.717, 1.165) is 0 Å². The lowest BCUT2D eigenvalue weighted by Crippen LogP contribution is -2.20. The summed E-state index contributed by atoms with van der Waals surface area (Å²) >= 11 is 0. The van der Waals surface area contributed by atoms with Gasteiger partial charge in [-0.05, 0) is 6.07 Å². The van der Waals surface area contributed by atoms with Gasteiger partial charge in [-0.1, -0.05) is 0 Å². The van der Waals surface area contributed by atoms with Gasteiger partial charge in [-0.15, -0.1) is 0 Å². The van der Waals surface area contributed by atoms with Gasteiger partial charge in [-0.2, -0.15) is 0 Å². The summed E-state index contributed by atoms with van der Waals surface area (Å²) in [5.74, 6) is -0.102. The lowest BCUT2D eigenvalue weighted by atomic mass is 10.3. The molecule has 84 valence electrons. The van der Waals surface area contributed by atoms with Crippen molar-refractivity contribution in [2.45, 2.75) is 13.0 Å². The Balaban J connectivity index is 2.43. The smallest absolute Gasteiger partial charge is 0.341 e. The predicted molar refractivity (Wildman–Crippen MR) is 47.8 cm³/mol. The first kappa shape index (κ1) is 11.6. The van der Waals surface area contributed by atoms with Crippen LogP contribution in [0.5, 0.6) is 0 Å². The van der Waals surface area contributed by atoms with Crippen LogP contribution in [0, 0.1) is 0 Å². The van der Waals surface area contributed by atoms with Crippen LogP contribution in [0.1, 0.15) is 16.1 Å². The average molecular weight is 219 g/mol. The lowest BCUT2D eigenvalue weighted by molar-refractivity contribution is 0.0600. The molecule has 6 heteroatoms. The second kappa shape index (κ2) is 5.45. The molecule has 1 rings (SSSR count). The van der Waals surface area contributed by atoms with Crippen LogP contribution in [0.2, 0.25) is 0 Å². The highest BCUT2D eigenvalue weighted by Crippen LogP contribution is 2.08. The Morgan fingerprint density at radius 1 is 1.67 bits per heavy atom. The van der Waals surface area contributed by atoms with Gasteiger partial charge in [0.05, 0.1) is 25.8 Å². The van der Waals surface area contributed by atoms with E-state index in [4.69, 9.17) is 4.42 Å². The minimum Gasteiger partial charge on any atom is -0.467 e. The molecule has 0 aliphatic heterocycles. The third kappa shape index (κ3) is 3.67. The normalized spacial score (nSPS) is 10.7. The Morgan fingerprint density at radius 3 is 3.00 bits per heavy atom. The lowest BCUT2D eigenvalue weighted by Gasteiger charge is -1.99. The molecule has 0 unspecified atom stereocenters. The minimum absolute atomic E-state index is 0.154. The molecule has 0 atom stereocenters. The SMILES string of the molecule is COC(=O)c1coc(CNCC(F)F)c1. The third-order valence-electron chi connectivity index (χ3n) is 1.67. The maximum Gasteiger partial charge on any atom is 0.341 e. The zero-order valence-electron chi connectivity index (χ0n) is 8.13. The molecule has 0 saturated carbocycles. The quantitative estimate of drug-likeness (QED) is 0.761. The second-order valence-electron chi connectivity index (χ2n) is 2.82. The van der Waals surface area contributed by atoms with Gasteiger partial charge in [0.1, 0.15) is 12.0 Å². The summed E-state index contributed by atoms with van der Waals surface area (Å²) in [7, 11) is 1.25. The summed E-state index contributed by atoms with van der Waals surface area (Å²) < 4.78 is 32.9. The van der Waals surface area contributed by atoms with Gasteiger partial charge < -0.3 is 14.5 Å². The molecule has 0 aliphatic carbocycles. The van der Waals surface area contributed by atoms with Crippen LogP contribution in [0.25, 0.3) is 0 Å². The molecule has 0 radical (unpaired) electrons. The number of nitrogens with one attached hydrogen (secondary N) is 1.